The fourth-order valence-electron chi connectivity index (χ4n) is 4.18. The van der Waals surface area contributed by atoms with Gasteiger partial charge in [-0.2, -0.15) is 0 Å². The molecule has 0 unspecified atom stereocenters. The van der Waals surface area contributed by atoms with E-state index >= 15 is 0 Å². The Kier molecular flexibility index (Phi) is 11.7. The molecule has 3 aromatic rings. The number of ether oxygens (including phenoxy) is 1. The Morgan fingerprint density at radius 3 is 2.57 bits per heavy atom. The first-order valence-corrected chi connectivity index (χ1v) is 14.2. The molecule has 2 heterocycles. The number of amides is 2. The summed E-state index contributed by atoms with van der Waals surface area (Å²) < 4.78 is 7.60. The third-order valence-electron chi connectivity index (χ3n) is 6.02. The molecule has 0 spiro atoms. The van der Waals surface area contributed by atoms with E-state index in [0.717, 1.165) is 21.2 Å². The molecule has 1 aromatic carbocycles. The van der Waals surface area contributed by atoms with Crippen LogP contribution < -0.4 is 0 Å². The van der Waals surface area contributed by atoms with Gasteiger partial charge in [0.1, 0.15) is 0 Å². The molecular formula is C29H38ClN3O3S. The SMILES string of the molecule is CCOCCCN(CC(=O)N(Cc1cccn1Cc1ccccc1Cl)CC(C)C)C(=O)Cc1cccs1. The van der Waals surface area contributed by atoms with Gasteiger partial charge in [-0.05, 0) is 54.5 Å². The molecule has 0 bridgehead atoms. The van der Waals surface area contributed by atoms with Gasteiger partial charge < -0.3 is 19.1 Å². The first-order valence-electron chi connectivity index (χ1n) is 12.9. The topological polar surface area (TPSA) is 54.8 Å². The van der Waals surface area contributed by atoms with Gasteiger partial charge in [-0.25, -0.2) is 0 Å². The van der Waals surface area contributed by atoms with Crippen LogP contribution in [0.5, 0.6) is 0 Å². The van der Waals surface area contributed by atoms with E-state index in [9.17, 15) is 9.59 Å². The predicted octanol–water partition coefficient (Wildman–Crippen LogP) is 5.73. The highest BCUT2D eigenvalue weighted by Crippen LogP contribution is 2.19. The minimum Gasteiger partial charge on any atom is -0.382 e. The van der Waals surface area contributed by atoms with Gasteiger partial charge in [-0.15, -0.1) is 11.3 Å². The Morgan fingerprint density at radius 1 is 1.05 bits per heavy atom. The van der Waals surface area contributed by atoms with Crippen LogP contribution in [0, 0.1) is 5.92 Å². The quantitative estimate of drug-likeness (QED) is 0.230. The summed E-state index contributed by atoms with van der Waals surface area (Å²) >= 11 is 7.95. The number of aromatic nitrogens is 1. The fourth-order valence-corrected chi connectivity index (χ4v) is 5.07. The lowest BCUT2D eigenvalue weighted by Gasteiger charge is -2.29. The maximum atomic E-state index is 13.6. The highest BCUT2D eigenvalue weighted by molar-refractivity contribution is 7.10. The molecule has 0 aliphatic carbocycles. The van der Waals surface area contributed by atoms with Crippen molar-refractivity contribution in [3.63, 3.8) is 0 Å². The zero-order valence-electron chi connectivity index (χ0n) is 22.1. The van der Waals surface area contributed by atoms with E-state index in [-0.39, 0.29) is 18.4 Å². The van der Waals surface area contributed by atoms with Crippen molar-refractivity contribution in [2.24, 2.45) is 5.92 Å². The molecule has 0 saturated carbocycles. The number of rotatable bonds is 15. The van der Waals surface area contributed by atoms with Crippen molar-refractivity contribution in [3.8, 4) is 0 Å². The number of hydrogen-bond acceptors (Lipinski definition) is 4. The number of benzene rings is 1. The van der Waals surface area contributed by atoms with Crippen LogP contribution in [0.4, 0.5) is 0 Å². The van der Waals surface area contributed by atoms with Crippen LogP contribution in [-0.2, 0) is 33.8 Å². The van der Waals surface area contributed by atoms with Crippen molar-refractivity contribution in [2.75, 3.05) is 32.8 Å². The number of hydrogen-bond donors (Lipinski definition) is 0. The van der Waals surface area contributed by atoms with Gasteiger partial charge in [0.2, 0.25) is 11.8 Å². The van der Waals surface area contributed by atoms with Crippen molar-refractivity contribution >= 4 is 34.8 Å². The van der Waals surface area contributed by atoms with Crippen molar-refractivity contribution in [1.29, 1.82) is 0 Å². The van der Waals surface area contributed by atoms with Gasteiger partial charge in [-0.3, -0.25) is 9.59 Å². The van der Waals surface area contributed by atoms with Crippen LogP contribution in [0.25, 0.3) is 0 Å². The minimum atomic E-state index is -0.0462. The number of carbonyl (C=O) groups excluding carboxylic acids is 2. The molecule has 0 aliphatic heterocycles. The maximum Gasteiger partial charge on any atom is 0.242 e. The normalized spacial score (nSPS) is 11.2. The molecule has 200 valence electrons. The van der Waals surface area contributed by atoms with Crippen LogP contribution in [0.1, 0.15) is 43.3 Å². The van der Waals surface area contributed by atoms with Crippen LogP contribution in [-0.4, -0.2) is 59.0 Å². The highest BCUT2D eigenvalue weighted by atomic mass is 35.5. The van der Waals surface area contributed by atoms with Gasteiger partial charge >= 0.3 is 0 Å². The first kappa shape index (κ1) is 29.0. The van der Waals surface area contributed by atoms with Crippen LogP contribution >= 0.6 is 22.9 Å². The monoisotopic (exact) mass is 543 g/mol. The summed E-state index contributed by atoms with van der Waals surface area (Å²) in [5, 5.41) is 2.69. The van der Waals surface area contributed by atoms with Crippen molar-refractivity contribution in [3.05, 3.63) is 81.3 Å². The Bertz CT molecular complexity index is 1110. The number of carbonyl (C=O) groups is 2. The molecule has 2 aromatic heterocycles. The van der Waals surface area contributed by atoms with Crippen molar-refractivity contribution in [2.45, 2.75) is 46.7 Å². The molecule has 8 heteroatoms. The second-order valence-corrected chi connectivity index (χ2v) is 10.9. The average Bonchev–Trinajstić information content (AvgIpc) is 3.54. The fraction of sp³-hybridized carbons (Fsp3) is 0.448. The van der Waals surface area contributed by atoms with E-state index in [4.69, 9.17) is 16.3 Å². The summed E-state index contributed by atoms with van der Waals surface area (Å²) in [4.78, 5) is 31.3. The maximum absolute atomic E-state index is 13.6. The van der Waals surface area contributed by atoms with E-state index in [0.29, 0.717) is 58.2 Å². The van der Waals surface area contributed by atoms with E-state index in [1.54, 1.807) is 16.2 Å². The minimum absolute atomic E-state index is 0.0288. The summed E-state index contributed by atoms with van der Waals surface area (Å²) in [6.45, 7) is 9.64. The third kappa shape index (κ3) is 9.33. The van der Waals surface area contributed by atoms with E-state index < -0.39 is 0 Å². The Morgan fingerprint density at radius 2 is 1.86 bits per heavy atom. The molecule has 3 rings (SSSR count). The average molecular weight is 544 g/mol. The van der Waals surface area contributed by atoms with Crippen LogP contribution in [0.2, 0.25) is 5.02 Å². The molecule has 0 aliphatic rings. The third-order valence-corrected chi connectivity index (χ3v) is 7.26. The molecule has 0 atom stereocenters. The molecule has 2 amide bonds. The number of thiophene rings is 1. The molecule has 0 radical (unpaired) electrons. The molecule has 0 N–H and O–H groups in total. The summed E-state index contributed by atoms with van der Waals surface area (Å²) in [5.41, 5.74) is 2.06. The molecule has 37 heavy (non-hydrogen) atoms. The van der Waals surface area contributed by atoms with Crippen LogP contribution in [0.15, 0.2) is 60.1 Å². The van der Waals surface area contributed by atoms with Gasteiger partial charge in [0.15, 0.2) is 0 Å². The van der Waals surface area contributed by atoms with Gasteiger partial charge in [0, 0.05) is 54.6 Å². The van der Waals surface area contributed by atoms with E-state index in [1.807, 2.05) is 71.9 Å². The lowest BCUT2D eigenvalue weighted by atomic mass is 10.2. The zero-order chi connectivity index (χ0) is 26.6. The second-order valence-electron chi connectivity index (χ2n) is 9.51. The van der Waals surface area contributed by atoms with Gasteiger partial charge in [0.25, 0.3) is 0 Å². The summed E-state index contributed by atoms with van der Waals surface area (Å²) in [6.07, 6.45) is 3.02. The first-order chi connectivity index (χ1) is 17.9. The molecule has 0 fully saturated rings. The lowest BCUT2D eigenvalue weighted by molar-refractivity contribution is -0.141. The van der Waals surface area contributed by atoms with E-state index in [1.165, 1.54) is 0 Å². The van der Waals surface area contributed by atoms with Gasteiger partial charge in [-0.1, -0.05) is 49.7 Å². The van der Waals surface area contributed by atoms with Crippen molar-refractivity contribution < 1.29 is 14.3 Å². The largest absolute Gasteiger partial charge is 0.382 e. The standard InChI is InChI=1S/C29H38ClN3O3S/c1-4-36-16-9-15-32(28(34)18-26-12-8-17-37-26)22-29(35)33(19-23(2)3)21-25-11-7-14-31(25)20-24-10-5-6-13-27(24)30/h5-8,10-14,17,23H,4,9,15-16,18-22H2,1-3H3. The Balaban J connectivity index is 1.72. The summed E-state index contributed by atoms with van der Waals surface area (Å²) in [7, 11) is 0. The van der Waals surface area contributed by atoms with E-state index in [2.05, 4.69) is 18.4 Å². The Hall–Kier alpha value is -2.61. The summed E-state index contributed by atoms with van der Waals surface area (Å²) in [5.74, 6) is 0.221. The van der Waals surface area contributed by atoms with Crippen LogP contribution in [0.3, 0.4) is 0 Å². The molecular weight excluding hydrogens is 506 g/mol. The lowest BCUT2D eigenvalue weighted by Crippen LogP contribution is -2.45. The molecule has 0 saturated heterocycles. The predicted molar refractivity (Wildman–Crippen MR) is 151 cm³/mol. The Labute approximate surface area is 229 Å². The number of halogens is 1. The second kappa shape index (κ2) is 15.0. The smallest absolute Gasteiger partial charge is 0.242 e. The number of nitrogens with zero attached hydrogens (tertiary/aromatic N) is 3. The van der Waals surface area contributed by atoms with Gasteiger partial charge in [0.05, 0.1) is 19.5 Å². The van der Waals surface area contributed by atoms with Crippen molar-refractivity contribution in [1.82, 2.24) is 14.4 Å². The highest BCUT2D eigenvalue weighted by Gasteiger charge is 2.23. The zero-order valence-corrected chi connectivity index (χ0v) is 23.6. The molecule has 6 nitrogen and oxygen atoms in total. The summed E-state index contributed by atoms with van der Waals surface area (Å²) in [6, 6.07) is 15.7.